The molecule has 0 aliphatic rings. The minimum Gasteiger partial charge on any atom is -0.324 e. The van der Waals surface area contributed by atoms with E-state index in [1.165, 1.54) is 30.6 Å². The van der Waals surface area contributed by atoms with Gasteiger partial charge in [-0.3, -0.25) is 4.79 Å². The second-order valence-corrected chi connectivity index (χ2v) is 5.89. The number of halogens is 3. The fourth-order valence-electron chi connectivity index (χ4n) is 2.02. The Morgan fingerprint density at radius 3 is 2.28 bits per heavy atom. The number of carbonyl (C=O) groups is 1. The second kappa shape index (κ2) is 7.46. The molecule has 5 nitrogen and oxygen atoms in total. The standard InChI is InChI=1S/C17H11Cl2FN4O/c18-11-5-12(19)7-13(6-11)23-17-21-8-10(9-22-17)16(25)24-15-4-2-1-3-14(15)20/h1-9H,(H,24,25)(H,21,22,23). The molecule has 2 N–H and O–H groups in total. The van der Waals surface area contributed by atoms with Gasteiger partial charge in [-0.15, -0.1) is 0 Å². The minimum absolute atomic E-state index is 0.0864. The molecule has 3 rings (SSSR count). The molecule has 0 aliphatic heterocycles. The van der Waals surface area contributed by atoms with Crippen LogP contribution in [0.2, 0.25) is 10.0 Å². The van der Waals surface area contributed by atoms with Crippen molar-refractivity contribution in [2.24, 2.45) is 0 Å². The summed E-state index contributed by atoms with van der Waals surface area (Å²) < 4.78 is 13.6. The molecule has 0 saturated carbocycles. The van der Waals surface area contributed by atoms with Crippen LogP contribution in [0.1, 0.15) is 10.4 Å². The molecule has 2 aromatic carbocycles. The molecule has 0 spiro atoms. The number of carbonyl (C=O) groups excluding carboxylic acids is 1. The highest BCUT2D eigenvalue weighted by molar-refractivity contribution is 6.35. The lowest BCUT2D eigenvalue weighted by molar-refractivity contribution is 0.102. The molecule has 8 heteroatoms. The van der Waals surface area contributed by atoms with Crippen molar-refractivity contribution in [1.29, 1.82) is 0 Å². The maximum atomic E-state index is 13.6. The van der Waals surface area contributed by atoms with Crippen molar-refractivity contribution in [1.82, 2.24) is 9.97 Å². The molecular formula is C17H11Cl2FN4O. The van der Waals surface area contributed by atoms with Gasteiger partial charge >= 0.3 is 0 Å². The van der Waals surface area contributed by atoms with Gasteiger partial charge in [-0.2, -0.15) is 0 Å². The average Bonchev–Trinajstić information content (AvgIpc) is 2.56. The van der Waals surface area contributed by atoms with E-state index in [1.54, 1.807) is 24.3 Å². The third-order valence-corrected chi connectivity index (χ3v) is 3.59. The van der Waals surface area contributed by atoms with Crippen LogP contribution in [-0.2, 0) is 0 Å². The summed E-state index contributed by atoms with van der Waals surface area (Å²) in [5, 5.41) is 6.33. The summed E-state index contributed by atoms with van der Waals surface area (Å²) in [6.45, 7) is 0. The highest BCUT2D eigenvalue weighted by atomic mass is 35.5. The minimum atomic E-state index is -0.520. The number of benzene rings is 2. The Hall–Kier alpha value is -2.70. The maximum Gasteiger partial charge on any atom is 0.258 e. The predicted molar refractivity (Wildman–Crippen MR) is 96.1 cm³/mol. The molecule has 0 fully saturated rings. The summed E-state index contributed by atoms with van der Waals surface area (Å²) in [6.07, 6.45) is 2.66. The van der Waals surface area contributed by atoms with Gasteiger partial charge in [0.1, 0.15) is 5.82 Å². The topological polar surface area (TPSA) is 66.9 Å². The number of hydrogen-bond donors (Lipinski definition) is 2. The number of nitrogens with zero attached hydrogens (tertiary/aromatic N) is 2. The van der Waals surface area contributed by atoms with Crippen LogP contribution in [0.4, 0.5) is 21.7 Å². The van der Waals surface area contributed by atoms with Crippen LogP contribution in [0.3, 0.4) is 0 Å². The zero-order valence-corrected chi connectivity index (χ0v) is 14.1. The van der Waals surface area contributed by atoms with Crippen molar-refractivity contribution in [3.05, 3.63) is 76.3 Å². The smallest absolute Gasteiger partial charge is 0.258 e. The van der Waals surface area contributed by atoms with Gasteiger partial charge in [0.2, 0.25) is 5.95 Å². The van der Waals surface area contributed by atoms with Crippen LogP contribution < -0.4 is 10.6 Å². The Bertz CT molecular complexity index is 899. The van der Waals surface area contributed by atoms with E-state index in [2.05, 4.69) is 20.6 Å². The van der Waals surface area contributed by atoms with Crippen molar-refractivity contribution in [2.75, 3.05) is 10.6 Å². The van der Waals surface area contributed by atoms with Crippen LogP contribution in [0.25, 0.3) is 0 Å². The van der Waals surface area contributed by atoms with E-state index in [0.29, 0.717) is 15.7 Å². The number of anilines is 3. The Labute approximate surface area is 152 Å². The van der Waals surface area contributed by atoms with Gasteiger partial charge in [-0.05, 0) is 30.3 Å². The predicted octanol–water partition coefficient (Wildman–Crippen LogP) is 4.92. The van der Waals surface area contributed by atoms with Crippen LogP contribution in [0, 0.1) is 5.82 Å². The van der Waals surface area contributed by atoms with Crippen LogP contribution in [-0.4, -0.2) is 15.9 Å². The van der Waals surface area contributed by atoms with Gasteiger partial charge in [0.25, 0.3) is 5.91 Å². The van der Waals surface area contributed by atoms with E-state index in [0.717, 1.165) is 0 Å². The van der Waals surface area contributed by atoms with Gasteiger partial charge in [0.05, 0.1) is 11.3 Å². The SMILES string of the molecule is O=C(Nc1ccccc1F)c1cnc(Nc2cc(Cl)cc(Cl)c2)nc1. The summed E-state index contributed by atoms with van der Waals surface area (Å²) in [7, 11) is 0. The van der Waals surface area contributed by atoms with Crippen molar-refractivity contribution >= 4 is 46.4 Å². The number of amides is 1. The quantitative estimate of drug-likeness (QED) is 0.678. The number of rotatable bonds is 4. The first-order valence-corrected chi connectivity index (χ1v) is 7.88. The lowest BCUT2D eigenvalue weighted by Gasteiger charge is -2.08. The maximum absolute atomic E-state index is 13.6. The highest BCUT2D eigenvalue weighted by Crippen LogP contribution is 2.24. The molecule has 0 saturated heterocycles. The van der Waals surface area contributed by atoms with Crippen LogP contribution >= 0.6 is 23.2 Å². The summed E-state index contributed by atoms with van der Waals surface area (Å²) in [4.78, 5) is 20.2. The fraction of sp³-hybridized carbons (Fsp3) is 0. The zero-order valence-electron chi connectivity index (χ0n) is 12.6. The van der Waals surface area contributed by atoms with Crippen LogP contribution in [0.5, 0.6) is 0 Å². The molecule has 126 valence electrons. The van der Waals surface area contributed by atoms with Gasteiger partial charge in [-0.25, -0.2) is 14.4 Å². The highest BCUT2D eigenvalue weighted by Gasteiger charge is 2.10. The molecular weight excluding hydrogens is 366 g/mol. The Balaban J connectivity index is 1.71. The Morgan fingerprint density at radius 1 is 1.00 bits per heavy atom. The molecule has 0 unspecified atom stereocenters. The van der Waals surface area contributed by atoms with Crippen LogP contribution in [0.15, 0.2) is 54.9 Å². The van der Waals surface area contributed by atoms with E-state index in [-0.39, 0.29) is 17.2 Å². The lowest BCUT2D eigenvalue weighted by atomic mass is 10.2. The van der Waals surface area contributed by atoms with Crippen molar-refractivity contribution in [2.45, 2.75) is 0 Å². The first-order valence-electron chi connectivity index (χ1n) is 7.12. The molecule has 1 heterocycles. The van der Waals surface area contributed by atoms with E-state index in [4.69, 9.17) is 23.2 Å². The number of hydrogen-bond acceptors (Lipinski definition) is 4. The fourth-order valence-corrected chi connectivity index (χ4v) is 2.55. The second-order valence-electron chi connectivity index (χ2n) is 5.01. The molecule has 25 heavy (non-hydrogen) atoms. The number of para-hydroxylation sites is 1. The Morgan fingerprint density at radius 2 is 1.64 bits per heavy atom. The van der Waals surface area contributed by atoms with Gasteiger partial charge < -0.3 is 10.6 Å². The van der Waals surface area contributed by atoms with Gasteiger partial charge in [0.15, 0.2) is 0 Å². The summed E-state index contributed by atoms with van der Waals surface area (Å²) >= 11 is 11.8. The number of nitrogens with one attached hydrogen (secondary N) is 2. The molecule has 1 amide bonds. The normalized spacial score (nSPS) is 10.4. The molecule has 3 aromatic rings. The van der Waals surface area contributed by atoms with E-state index < -0.39 is 11.7 Å². The van der Waals surface area contributed by atoms with E-state index in [1.807, 2.05) is 0 Å². The largest absolute Gasteiger partial charge is 0.324 e. The monoisotopic (exact) mass is 376 g/mol. The summed E-state index contributed by atoms with van der Waals surface area (Å²) in [6, 6.07) is 10.8. The third kappa shape index (κ3) is 4.43. The first kappa shape index (κ1) is 17.1. The first-order chi connectivity index (χ1) is 12.0. The zero-order chi connectivity index (χ0) is 17.8. The van der Waals surface area contributed by atoms with E-state index >= 15 is 0 Å². The van der Waals surface area contributed by atoms with Gasteiger partial charge in [0, 0.05) is 28.1 Å². The number of aromatic nitrogens is 2. The summed E-state index contributed by atoms with van der Waals surface area (Å²) in [5.74, 6) is -0.767. The molecule has 1 aromatic heterocycles. The van der Waals surface area contributed by atoms with Crippen molar-refractivity contribution < 1.29 is 9.18 Å². The molecule has 0 radical (unpaired) electrons. The molecule has 0 atom stereocenters. The Kier molecular flexibility index (Phi) is 5.11. The van der Waals surface area contributed by atoms with Gasteiger partial charge in [-0.1, -0.05) is 35.3 Å². The van der Waals surface area contributed by atoms with Crippen molar-refractivity contribution in [3.8, 4) is 0 Å². The third-order valence-electron chi connectivity index (χ3n) is 3.15. The van der Waals surface area contributed by atoms with E-state index in [9.17, 15) is 9.18 Å². The molecule has 0 bridgehead atoms. The van der Waals surface area contributed by atoms with Crippen molar-refractivity contribution in [3.63, 3.8) is 0 Å². The summed E-state index contributed by atoms with van der Waals surface area (Å²) in [5.41, 5.74) is 0.891. The average molecular weight is 377 g/mol. The molecule has 0 aliphatic carbocycles. The lowest BCUT2D eigenvalue weighted by Crippen LogP contribution is -2.14.